The second kappa shape index (κ2) is 3.09. The van der Waals surface area contributed by atoms with Crippen LogP contribution in [0.1, 0.15) is 13.3 Å². The first-order valence-corrected chi connectivity index (χ1v) is 4.86. The molecule has 0 atom stereocenters. The molecule has 1 aliphatic heterocycles. The van der Waals surface area contributed by atoms with Gasteiger partial charge in [-0.3, -0.25) is 0 Å². The van der Waals surface area contributed by atoms with Crippen LogP contribution >= 0.6 is 21.0 Å². The van der Waals surface area contributed by atoms with E-state index in [1.165, 1.54) is 0 Å². The highest BCUT2D eigenvalue weighted by Crippen LogP contribution is 2.09. The summed E-state index contributed by atoms with van der Waals surface area (Å²) in [5.41, 5.74) is 0. The normalized spacial score (nSPS) is 16.5. The predicted octanol–water partition coefficient (Wildman–Crippen LogP) is 0.498. The Kier molecular flexibility index (Phi) is 2.36. The van der Waals surface area contributed by atoms with Crippen molar-refractivity contribution in [1.29, 1.82) is 0 Å². The van der Waals surface area contributed by atoms with Gasteiger partial charge in [-0.1, -0.05) is 6.92 Å². The average Bonchev–Trinajstić information content (AvgIpc) is 2.34. The van der Waals surface area contributed by atoms with Crippen molar-refractivity contribution in [3.63, 3.8) is 0 Å². The summed E-state index contributed by atoms with van der Waals surface area (Å²) in [5.74, 6) is -0.840. The minimum Gasteiger partial charge on any atom is -0.475 e. The van der Waals surface area contributed by atoms with Crippen LogP contribution in [0, 0.1) is 0 Å². The van der Waals surface area contributed by atoms with Crippen molar-refractivity contribution in [1.82, 2.24) is 5.32 Å². The van der Waals surface area contributed by atoms with Crippen molar-refractivity contribution in [3.05, 3.63) is 0 Å². The van der Waals surface area contributed by atoms with Gasteiger partial charge in [0.15, 0.2) is 0 Å². The highest BCUT2D eigenvalue weighted by molar-refractivity contribution is 14.2. The van der Waals surface area contributed by atoms with Crippen LogP contribution < -0.4 is 5.32 Å². The van der Waals surface area contributed by atoms with Gasteiger partial charge in [0.2, 0.25) is 5.84 Å². The van der Waals surface area contributed by atoms with Gasteiger partial charge in [-0.05, 0) is 6.42 Å². The Morgan fingerprint density at radius 3 is 2.90 bits per heavy atom. The van der Waals surface area contributed by atoms with Gasteiger partial charge in [0.05, 0.1) is 3.63 Å². The van der Waals surface area contributed by atoms with Crippen LogP contribution in [-0.4, -0.2) is 20.5 Å². The standard InChI is InChI=1S/C5H7IN2O2/c1-2-3-6-8-4(7-3)5(9)10/h2H2,1H3,(H,7,8)(H,9,10). The number of carboxylic acid groups (broad SMARTS) is 1. The van der Waals surface area contributed by atoms with E-state index >= 15 is 0 Å². The second-order valence-electron chi connectivity index (χ2n) is 1.71. The fourth-order valence-corrected chi connectivity index (χ4v) is 2.08. The van der Waals surface area contributed by atoms with E-state index in [0.717, 1.165) is 10.1 Å². The number of amidine groups is 1. The number of halogens is 1. The molecular formula is C5H7IN2O2. The van der Waals surface area contributed by atoms with Gasteiger partial charge in [0.25, 0.3) is 0 Å². The third kappa shape index (κ3) is 1.53. The monoisotopic (exact) mass is 254 g/mol. The Hall–Kier alpha value is -0.460. The lowest BCUT2D eigenvalue weighted by molar-refractivity contribution is -0.129. The van der Waals surface area contributed by atoms with Gasteiger partial charge >= 0.3 is 5.97 Å². The Balaban J connectivity index is 2.56. The van der Waals surface area contributed by atoms with Crippen molar-refractivity contribution in [2.24, 2.45) is 3.21 Å². The molecule has 0 bridgehead atoms. The lowest BCUT2D eigenvalue weighted by atomic mass is 10.4. The Morgan fingerprint density at radius 1 is 1.90 bits per heavy atom. The first-order valence-electron chi connectivity index (χ1n) is 2.82. The van der Waals surface area contributed by atoms with Crippen LogP contribution in [0.4, 0.5) is 0 Å². The summed E-state index contributed by atoms with van der Waals surface area (Å²) in [6, 6.07) is 0. The van der Waals surface area contributed by atoms with E-state index in [4.69, 9.17) is 5.11 Å². The number of carboxylic acids is 1. The molecule has 2 N–H and O–H groups in total. The molecule has 0 aliphatic carbocycles. The van der Waals surface area contributed by atoms with Crippen LogP contribution in [0.15, 0.2) is 3.21 Å². The predicted molar refractivity (Wildman–Crippen MR) is 47.5 cm³/mol. The molecular weight excluding hydrogens is 247 g/mol. The molecule has 56 valence electrons. The summed E-state index contributed by atoms with van der Waals surface area (Å²) >= 11 is -0.385. The lowest BCUT2D eigenvalue weighted by Crippen LogP contribution is -2.31. The van der Waals surface area contributed by atoms with Crippen molar-refractivity contribution >= 4 is 36.4 Å². The molecule has 0 aromatic rings. The fraction of sp³-hybridized carbons (Fsp3) is 0.400. The van der Waals surface area contributed by atoms with Gasteiger partial charge in [-0.15, -0.1) is 0 Å². The summed E-state index contributed by atoms with van der Waals surface area (Å²) in [5, 5.41) is 11.2. The number of nitrogens with zero attached hydrogens (tertiary/aromatic N) is 1. The van der Waals surface area contributed by atoms with E-state index in [1.807, 2.05) is 6.92 Å². The number of aliphatic carboxylic acids is 1. The summed E-state index contributed by atoms with van der Waals surface area (Å²) in [4.78, 5) is 10.3. The summed E-state index contributed by atoms with van der Waals surface area (Å²) < 4.78 is 4.95. The first-order chi connectivity index (χ1) is 4.74. The van der Waals surface area contributed by atoms with E-state index in [2.05, 4.69) is 8.52 Å². The quantitative estimate of drug-likeness (QED) is 0.705. The van der Waals surface area contributed by atoms with Crippen molar-refractivity contribution in [2.45, 2.75) is 13.3 Å². The van der Waals surface area contributed by atoms with E-state index in [0.29, 0.717) is 0 Å². The molecule has 1 rings (SSSR count). The topological polar surface area (TPSA) is 61.7 Å². The van der Waals surface area contributed by atoms with Gasteiger partial charge in [0, 0.05) is 21.0 Å². The third-order valence-electron chi connectivity index (χ3n) is 0.996. The van der Waals surface area contributed by atoms with Crippen molar-refractivity contribution in [3.8, 4) is 0 Å². The fourth-order valence-electron chi connectivity index (χ4n) is 0.502. The average molecular weight is 254 g/mol. The van der Waals surface area contributed by atoms with Crippen LogP contribution in [-0.2, 0) is 4.79 Å². The van der Waals surface area contributed by atoms with Crippen molar-refractivity contribution in [2.75, 3.05) is 0 Å². The summed E-state index contributed by atoms with van der Waals surface area (Å²) in [6.45, 7) is 1.99. The van der Waals surface area contributed by atoms with Gasteiger partial charge in [-0.2, -0.15) is 3.21 Å². The SMILES string of the molecule is CCC1=IN=C(C(=O)O)N1. The molecule has 0 unspecified atom stereocenters. The molecule has 5 heteroatoms. The molecule has 0 spiro atoms. The molecule has 4 nitrogen and oxygen atoms in total. The number of hydrogen-bond acceptors (Lipinski definition) is 3. The molecule has 0 fully saturated rings. The molecule has 0 aromatic heterocycles. The van der Waals surface area contributed by atoms with E-state index in [1.54, 1.807) is 0 Å². The van der Waals surface area contributed by atoms with E-state index in [9.17, 15) is 4.79 Å². The minimum atomic E-state index is -0.955. The molecule has 10 heavy (non-hydrogen) atoms. The summed E-state index contributed by atoms with van der Waals surface area (Å²) in [6.07, 6.45) is 0.882. The molecule has 1 heterocycles. The lowest BCUT2D eigenvalue weighted by Gasteiger charge is -1.97. The van der Waals surface area contributed by atoms with Gasteiger partial charge in [0.1, 0.15) is 0 Å². The van der Waals surface area contributed by atoms with Crippen molar-refractivity contribution < 1.29 is 9.90 Å². The third-order valence-corrected chi connectivity index (χ3v) is 3.33. The maximum absolute atomic E-state index is 10.3. The molecule has 0 amide bonds. The maximum atomic E-state index is 10.3. The highest BCUT2D eigenvalue weighted by Gasteiger charge is 2.14. The number of rotatable bonds is 2. The first kappa shape index (κ1) is 7.64. The minimum absolute atomic E-state index is 0.115. The molecule has 0 saturated carbocycles. The molecule has 1 aliphatic rings. The zero-order chi connectivity index (χ0) is 7.56. The molecule has 0 radical (unpaired) electrons. The second-order valence-corrected chi connectivity index (χ2v) is 3.97. The Labute approximate surface area is 68.4 Å². The van der Waals surface area contributed by atoms with Crippen LogP contribution in [0.25, 0.3) is 0 Å². The number of carbonyl (C=O) groups is 1. The Bertz CT molecular complexity index is 222. The van der Waals surface area contributed by atoms with Gasteiger partial charge in [-0.25, -0.2) is 4.79 Å². The Morgan fingerprint density at radius 2 is 2.60 bits per heavy atom. The zero-order valence-corrected chi connectivity index (χ0v) is 7.55. The zero-order valence-electron chi connectivity index (χ0n) is 5.39. The molecule has 0 saturated heterocycles. The van der Waals surface area contributed by atoms with E-state index in [-0.39, 0.29) is 26.8 Å². The number of hydrogen-bond donors (Lipinski definition) is 2. The van der Waals surface area contributed by atoms with E-state index < -0.39 is 5.97 Å². The largest absolute Gasteiger partial charge is 0.475 e. The van der Waals surface area contributed by atoms with Crippen LogP contribution in [0.3, 0.4) is 0 Å². The molecule has 0 aromatic carbocycles. The summed E-state index contributed by atoms with van der Waals surface area (Å²) in [7, 11) is 0. The van der Waals surface area contributed by atoms with Crippen LogP contribution in [0.2, 0.25) is 0 Å². The smallest absolute Gasteiger partial charge is 0.372 e. The number of nitrogens with one attached hydrogen (secondary N) is 1. The van der Waals surface area contributed by atoms with Gasteiger partial charge < -0.3 is 10.4 Å². The van der Waals surface area contributed by atoms with Crippen LogP contribution in [0.5, 0.6) is 0 Å². The maximum Gasteiger partial charge on any atom is 0.372 e. The highest BCUT2D eigenvalue weighted by atomic mass is 127.